The van der Waals surface area contributed by atoms with E-state index in [1.807, 2.05) is 13.8 Å². The fourth-order valence-corrected chi connectivity index (χ4v) is 2.60. The van der Waals surface area contributed by atoms with E-state index in [-0.39, 0.29) is 17.3 Å². The number of rotatable bonds is 2. The number of hydrogen-bond acceptors (Lipinski definition) is 4. The van der Waals surface area contributed by atoms with Crippen molar-refractivity contribution in [3.63, 3.8) is 0 Å². The van der Waals surface area contributed by atoms with Gasteiger partial charge in [0, 0.05) is 5.54 Å². The van der Waals surface area contributed by atoms with Crippen molar-refractivity contribution in [3.8, 4) is 0 Å². The van der Waals surface area contributed by atoms with Crippen LogP contribution in [-0.2, 0) is 9.53 Å². The summed E-state index contributed by atoms with van der Waals surface area (Å²) in [5.41, 5.74) is -0.993. The van der Waals surface area contributed by atoms with Gasteiger partial charge in [-0.1, -0.05) is 13.8 Å². The molecule has 0 N–H and O–H groups in total. The third-order valence-corrected chi connectivity index (χ3v) is 3.20. The second-order valence-corrected chi connectivity index (χ2v) is 5.36. The summed E-state index contributed by atoms with van der Waals surface area (Å²) in [5, 5.41) is 12.7. The van der Waals surface area contributed by atoms with Gasteiger partial charge < -0.3 is 15.0 Å². The maximum atomic E-state index is 11.8. The molecule has 15 heavy (non-hydrogen) atoms. The SMILES string of the molecule is CCOC(=O)C1C(C)(C)CN([O-])C1(C)C. The molecule has 0 aliphatic carbocycles. The zero-order chi connectivity index (χ0) is 11.9. The molecule has 4 nitrogen and oxygen atoms in total. The summed E-state index contributed by atoms with van der Waals surface area (Å²) in [7, 11) is 0. The molecule has 0 bridgehead atoms. The highest BCUT2D eigenvalue weighted by Crippen LogP contribution is 2.46. The van der Waals surface area contributed by atoms with Gasteiger partial charge in [-0.15, -0.1) is 0 Å². The Morgan fingerprint density at radius 3 is 2.33 bits per heavy atom. The Morgan fingerprint density at radius 1 is 1.47 bits per heavy atom. The van der Waals surface area contributed by atoms with E-state index in [9.17, 15) is 10.0 Å². The van der Waals surface area contributed by atoms with Crippen LogP contribution >= 0.6 is 0 Å². The first kappa shape index (κ1) is 12.5. The Labute approximate surface area is 91.2 Å². The second-order valence-electron chi connectivity index (χ2n) is 5.36. The number of esters is 1. The van der Waals surface area contributed by atoms with E-state index in [0.717, 1.165) is 5.06 Å². The van der Waals surface area contributed by atoms with Gasteiger partial charge in [-0.3, -0.25) is 4.79 Å². The molecule has 1 aliphatic rings. The lowest BCUT2D eigenvalue weighted by molar-refractivity contribution is -0.153. The molecule has 0 spiro atoms. The van der Waals surface area contributed by atoms with Crippen LogP contribution in [-0.4, -0.2) is 29.7 Å². The van der Waals surface area contributed by atoms with Gasteiger partial charge >= 0.3 is 5.97 Å². The number of carbonyl (C=O) groups is 1. The molecule has 0 aromatic carbocycles. The molecule has 0 radical (unpaired) electrons. The van der Waals surface area contributed by atoms with Crippen LogP contribution in [0.4, 0.5) is 0 Å². The fraction of sp³-hybridized carbons (Fsp3) is 0.909. The molecule has 1 heterocycles. The summed E-state index contributed by atoms with van der Waals surface area (Å²) in [6.45, 7) is 10.0. The van der Waals surface area contributed by atoms with Crippen molar-refractivity contribution in [2.75, 3.05) is 13.2 Å². The summed E-state index contributed by atoms with van der Waals surface area (Å²) in [6, 6.07) is 0. The minimum absolute atomic E-state index is 0.258. The molecular formula is C11H20NO3-. The first-order valence-corrected chi connectivity index (χ1v) is 5.35. The van der Waals surface area contributed by atoms with Crippen LogP contribution in [0.15, 0.2) is 0 Å². The lowest BCUT2D eigenvalue weighted by atomic mass is 9.74. The van der Waals surface area contributed by atoms with Gasteiger partial charge in [-0.25, -0.2) is 0 Å². The largest absolute Gasteiger partial charge is 0.785 e. The van der Waals surface area contributed by atoms with E-state index in [2.05, 4.69) is 0 Å². The average molecular weight is 214 g/mol. The predicted octanol–water partition coefficient (Wildman–Crippen LogP) is 1.78. The highest BCUT2D eigenvalue weighted by Gasteiger charge is 2.53. The van der Waals surface area contributed by atoms with E-state index in [4.69, 9.17) is 4.74 Å². The maximum Gasteiger partial charge on any atom is 0.311 e. The van der Waals surface area contributed by atoms with Crippen molar-refractivity contribution in [1.82, 2.24) is 5.06 Å². The summed E-state index contributed by atoms with van der Waals surface area (Å²) < 4.78 is 5.04. The van der Waals surface area contributed by atoms with Gasteiger partial charge in [-0.05, 0) is 32.7 Å². The fourth-order valence-electron chi connectivity index (χ4n) is 2.60. The zero-order valence-electron chi connectivity index (χ0n) is 10.2. The first-order chi connectivity index (χ1) is 6.73. The number of hydrogen-bond donors (Lipinski definition) is 0. The summed E-state index contributed by atoms with van der Waals surface area (Å²) in [4.78, 5) is 11.8. The van der Waals surface area contributed by atoms with Gasteiger partial charge in [0.1, 0.15) is 0 Å². The van der Waals surface area contributed by atoms with Crippen LogP contribution in [0.3, 0.4) is 0 Å². The molecule has 0 aromatic rings. The van der Waals surface area contributed by atoms with Gasteiger partial charge in [0.15, 0.2) is 0 Å². The Kier molecular flexibility index (Phi) is 3.12. The minimum atomic E-state index is -0.671. The summed E-state index contributed by atoms with van der Waals surface area (Å²) >= 11 is 0. The molecule has 1 aliphatic heterocycles. The normalized spacial score (nSPS) is 29.1. The van der Waals surface area contributed by atoms with Gasteiger partial charge in [-0.2, -0.15) is 0 Å². The quantitative estimate of drug-likeness (QED) is 0.657. The Bertz CT molecular complexity index is 261. The summed E-state index contributed by atoms with van der Waals surface area (Å²) in [5.74, 6) is -0.617. The number of nitrogens with zero attached hydrogens (tertiary/aromatic N) is 1. The van der Waals surface area contributed by atoms with Crippen molar-refractivity contribution in [2.24, 2.45) is 11.3 Å². The third-order valence-electron chi connectivity index (χ3n) is 3.20. The molecule has 4 heteroatoms. The van der Waals surface area contributed by atoms with Crippen molar-refractivity contribution < 1.29 is 9.53 Å². The van der Waals surface area contributed by atoms with Crippen LogP contribution in [0.2, 0.25) is 0 Å². The van der Waals surface area contributed by atoms with E-state index in [0.29, 0.717) is 13.2 Å². The van der Waals surface area contributed by atoms with Crippen molar-refractivity contribution in [1.29, 1.82) is 0 Å². The Morgan fingerprint density at radius 2 is 2.00 bits per heavy atom. The molecule has 1 saturated heterocycles. The lowest BCUT2D eigenvalue weighted by Gasteiger charge is -2.40. The van der Waals surface area contributed by atoms with Crippen LogP contribution in [0, 0.1) is 16.5 Å². The summed E-state index contributed by atoms with van der Waals surface area (Å²) in [6.07, 6.45) is 0. The van der Waals surface area contributed by atoms with Crippen LogP contribution in [0.1, 0.15) is 34.6 Å². The average Bonchev–Trinajstić information content (AvgIpc) is 2.16. The molecule has 1 atom stereocenters. The lowest BCUT2D eigenvalue weighted by Crippen LogP contribution is -2.44. The molecule has 0 aromatic heterocycles. The topological polar surface area (TPSA) is 52.6 Å². The highest BCUT2D eigenvalue weighted by atomic mass is 16.5. The molecular weight excluding hydrogens is 194 g/mol. The van der Waals surface area contributed by atoms with E-state index >= 15 is 0 Å². The van der Waals surface area contributed by atoms with Crippen molar-refractivity contribution >= 4 is 5.97 Å². The molecule has 1 fully saturated rings. The zero-order valence-corrected chi connectivity index (χ0v) is 10.2. The first-order valence-electron chi connectivity index (χ1n) is 5.35. The van der Waals surface area contributed by atoms with E-state index in [1.54, 1.807) is 20.8 Å². The van der Waals surface area contributed by atoms with E-state index in [1.165, 1.54) is 0 Å². The monoisotopic (exact) mass is 214 g/mol. The molecule has 0 saturated carbocycles. The van der Waals surface area contributed by atoms with Gasteiger partial charge in [0.05, 0.1) is 12.5 Å². The van der Waals surface area contributed by atoms with Crippen LogP contribution < -0.4 is 0 Å². The minimum Gasteiger partial charge on any atom is -0.785 e. The molecule has 1 unspecified atom stereocenters. The maximum absolute atomic E-state index is 11.8. The van der Waals surface area contributed by atoms with Crippen molar-refractivity contribution in [3.05, 3.63) is 5.21 Å². The molecule has 88 valence electrons. The number of ether oxygens (including phenoxy) is 1. The number of carbonyl (C=O) groups excluding carboxylic acids is 1. The predicted molar refractivity (Wildman–Crippen MR) is 58.1 cm³/mol. The highest BCUT2D eigenvalue weighted by molar-refractivity contribution is 5.75. The van der Waals surface area contributed by atoms with Gasteiger partial charge in [0.25, 0.3) is 0 Å². The Balaban J connectivity index is 2.97. The Hall–Kier alpha value is -0.610. The molecule has 0 amide bonds. The second kappa shape index (κ2) is 3.76. The number of hydroxylamine groups is 2. The standard InChI is InChI=1S/C11H20NO3/c1-6-15-9(13)8-10(2,3)7-12(14)11(8,4)5/h8H,6-7H2,1-5H3/q-1. The van der Waals surface area contributed by atoms with Crippen LogP contribution in [0.5, 0.6) is 0 Å². The smallest absolute Gasteiger partial charge is 0.311 e. The van der Waals surface area contributed by atoms with Crippen LogP contribution in [0.25, 0.3) is 0 Å². The van der Waals surface area contributed by atoms with E-state index < -0.39 is 5.54 Å². The molecule has 1 rings (SSSR count). The third kappa shape index (κ3) is 2.01. The van der Waals surface area contributed by atoms with Crippen molar-refractivity contribution in [2.45, 2.75) is 40.2 Å². The van der Waals surface area contributed by atoms with Gasteiger partial charge in [0.2, 0.25) is 0 Å².